The summed E-state index contributed by atoms with van der Waals surface area (Å²) >= 11 is 0. The first-order valence-electron chi connectivity index (χ1n) is 23.5. The molecule has 4 aliphatic carbocycles. The third-order valence-corrected chi connectivity index (χ3v) is 16.0. The highest BCUT2D eigenvalue weighted by Gasteiger charge is 2.65. The summed E-state index contributed by atoms with van der Waals surface area (Å²) in [6, 6.07) is -1.11. The zero-order chi connectivity index (χ0) is 49.9. The van der Waals surface area contributed by atoms with Crippen LogP contribution < -0.4 is 5.32 Å². The number of aliphatic hydroxyl groups is 3. The number of alkyl carbamates (subject to hydrolysis) is 1. The normalized spacial score (nSPS) is 47.1. The highest BCUT2D eigenvalue weighted by Crippen LogP contribution is 2.61. The largest absolute Gasteiger partial charge is 0.511 e. The Morgan fingerprint density at radius 1 is 0.941 bits per heavy atom. The number of rotatable bonds is 8. The minimum atomic E-state index is -2.17. The first-order chi connectivity index (χ1) is 31.9. The first kappa shape index (κ1) is 51.1. The van der Waals surface area contributed by atoms with E-state index in [9.17, 15) is 44.6 Å². The van der Waals surface area contributed by atoms with Crippen LogP contribution in [0.15, 0.2) is 58.9 Å². The smallest absolute Gasteiger partial charge is 0.407 e. The van der Waals surface area contributed by atoms with Gasteiger partial charge in [-0.3, -0.25) is 24.5 Å². The second kappa shape index (κ2) is 19.2. The molecule has 4 fully saturated rings. The highest BCUT2D eigenvalue weighted by molar-refractivity contribution is 6.26. The molecule has 68 heavy (non-hydrogen) atoms. The van der Waals surface area contributed by atoms with Gasteiger partial charge >= 0.3 is 18.0 Å². The Hall–Kier alpha value is -4.79. The number of carbonyl (C=O) groups is 5. The monoisotopic (exact) mass is 954 g/mol. The lowest BCUT2D eigenvalue weighted by Gasteiger charge is -2.57. The number of ether oxygens (including phenoxy) is 7. The number of nitro groups is 1. The van der Waals surface area contributed by atoms with Crippen molar-refractivity contribution in [3.8, 4) is 0 Å². The van der Waals surface area contributed by atoms with Gasteiger partial charge in [0.15, 0.2) is 18.2 Å². The molecule has 1 amide bonds. The molecule has 20 atom stereocenters. The Morgan fingerprint density at radius 2 is 1.63 bits per heavy atom. The Bertz CT molecular complexity index is 2200. The third kappa shape index (κ3) is 8.87. The number of hydrogen-bond acceptors (Lipinski definition) is 17. The minimum absolute atomic E-state index is 0.00782. The van der Waals surface area contributed by atoms with Crippen LogP contribution in [0.5, 0.6) is 0 Å². The molecule has 0 radical (unpaired) electrons. The van der Waals surface area contributed by atoms with E-state index in [-0.39, 0.29) is 30.3 Å². The molecule has 19 heteroatoms. The van der Waals surface area contributed by atoms with Gasteiger partial charge in [0.05, 0.1) is 50.0 Å². The van der Waals surface area contributed by atoms with E-state index in [0.717, 1.165) is 7.11 Å². The van der Waals surface area contributed by atoms with Crippen molar-refractivity contribution >= 4 is 30.1 Å². The van der Waals surface area contributed by atoms with Gasteiger partial charge in [-0.05, 0) is 74.0 Å². The second-order valence-electron chi connectivity index (χ2n) is 20.5. The number of allylic oxidation sites excluding steroid dienone is 3. The van der Waals surface area contributed by atoms with E-state index in [1.165, 1.54) is 26.0 Å². The van der Waals surface area contributed by atoms with Crippen LogP contribution in [0.3, 0.4) is 0 Å². The Balaban J connectivity index is 1.34. The van der Waals surface area contributed by atoms with Gasteiger partial charge in [-0.25, -0.2) is 9.59 Å². The molecule has 1 spiro atoms. The van der Waals surface area contributed by atoms with E-state index in [0.29, 0.717) is 18.3 Å². The predicted molar refractivity (Wildman–Crippen MR) is 238 cm³/mol. The Morgan fingerprint density at radius 3 is 2.28 bits per heavy atom. The third-order valence-electron chi connectivity index (χ3n) is 16.0. The number of ketones is 1. The van der Waals surface area contributed by atoms with Gasteiger partial charge in [-0.15, -0.1) is 0 Å². The van der Waals surface area contributed by atoms with Crippen molar-refractivity contribution in [1.29, 1.82) is 0 Å². The maximum atomic E-state index is 15.3. The molecule has 2 bridgehead atoms. The number of fused-ring (bicyclic) bond motifs is 4. The fourth-order valence-electron chi connectivity index (χ4n) is 12.7. The Kier molecular flexibility index (Phi) is 14.4. The molecule has 0 aromatic rings. The zero-order valence-electron chi connectivity index (χ0n) is 40.2. The lowest BCUT2D eigenvalue weighted by Crippen LogP contribution is -2.65. The second-order valence-corrected chi connectivity index (χ2v) is 20.5. The number of hydrogen-bond donors (Lipinski definition) is 4. The maximum absolute atomic E-state index is 15.3. The predicted octanol–water partition coefficient (Wildman–Crippen LogP) is 4.51. The number of methoxy groups -OCH3 is 1. The van der Waals surface area contributed by atoms with Crippen molar-refractivity contribution in [1.82, 2.24) is 5.32 Å². The Labute approximate surface area is 395 Å². The van der Waals surface area contributed by atoms with Gasteiger partial charge in [0.2, 0.25) is 11.3 Å². The van der Waals surface area contributed by atoms with E-state index >= 15 is 4.79 Å². The lowest BCUT2D eigenvalue weighted by molar-refractivity contribution is -0.584. The van der Waals surface area contributed by atoms with Crippen molar-refractivity contribution < 1.29 is 77.4 Å². The van der Waals surface area contributed by atoms with E-state index in [1.807, 2.05) is 39.0 Å². The van der Waals surface area contributed by atoms with Gasteiger partial charge in [0.25, 0.3) is 0 Å². The molecule has 2 unspecified atom stereocenters. The van der Waals surface area contributed by atoms with Crippen LogP contribution in [0.2, 0.25) is 0 Å². The average molecular weight is 955 g/mol. The summed E-state index contributed by atoms with van der Waals surface area (Å²) in [5.41, 5.74) is -5.50. The standard InChI is InChI=1S/C49H66N2O17/c1-22-11-14-34(66-37-20-47(8,51(60)61)42(27(6)64-37)50-46(59)62-10)23(2)16-32-33(54)17-29(21-52)19-49(32)44(57)38(45(58)68-49)43(56)48(9)31(22)13-12-30-39(48)24(3)15-25(4)41(30)67-36-18-35(65-28(7)53)40(55)26(5)63-36/h11-14,16-17,21-22,24-27,30-37,39-42,54-56H,15,18-20H2,1-10H3,(H,50,59)/b14-11+,23-16+,43-38-/t22?,24-,25-,26-,27+,30-,31-,32+,33-,34-,35+,36-,37-,39+,40-,41-,42-,47-,48+,49?/m0/s1. The van der Waals surface area contributed by atoms with Crippen molar-refractivity contribution in [2.45, 2.75) is 160 Å². The van der Waals surface area contributed by atoms with E-state index in [4.69, 9.17) is 33.2 Å². The van der Waals surface area contributed by atoms with E-state index in [1.54, 1.807) is 26.8 Å². The fraction of sp³-hybridized carbons (Fsp3) is 0.694. The number of nitrogens with zero attached hydrogens (tertiary/aromatic N) is 1. The topological polar surface area (TPSA) is 266 Å². The number of carbonyl (C=O) groups excluding carboxylic acids is 5. The number of aliphatic hydroxyl groups excluding tert-OH is 3. The number of aldehydes is 1. The van der Waals surface area contributed by atoms with Crippen LogP contribution in [0.25, 0.3) is 0 Å². The molecule has 0 aromatic heterocycles. The summed E-state index contributed by atoms with van der Waals surface area (Å²) in [5, 5.41) is 50.7. The molecule has 3 heterocycles. The zero-order valence-corrected chi connectivity index (χ0v) is 40.2. The van der Waals surface area contributed by atoms with E-state index in [2.05, 4.69) is 12.2 Å². The van der Waals surface area contributed by atoms with Gasteiger partial charge in [0, 0.05) is 42.9 Å². The van der Waals surface area contributed by atoms with Crippen LogP contribution in [-0.2, 0) is 52.3 Å². The van der Waals surface area contributed by atoms with Crippen LogP contribution in [-0.4, -0.2) is 130 Å². The van der Waals surface area contributed by atoms with Crippen LogP contribution in [0.1, 0.15) is 88.0 Å². The molecule has 7 rings (SSSR count). The van der Waals surface area contributed by atoms with Crippen molar-refractivity contribution in [2.24, 2.45) is 46.8 Å². The summed E-state index contributed by atoms with van der Waals surface area (Å²) in [4.78, 5) is 78.5. The number of nitrogens with one attached hydrogen (secondary N) is 1. The van der Waals surface area contributed by atoms with Crippen molar-refractivity contribution in [3.05, 3.63) is 69.0 Å². The van der Waals surface area contributed by atoms with Gasteiger partial charge in [-0.2, -0.15) is 0 Å². The molecule has 3 aliphatic heterocycles. The number of amides is 1. The quantitative estimate of drug-likeness (QED) is 0.0496. The molecule has 1 saturated carbocycles. The summed E-state index contributed by atoms with van der Waals surface area (Å²) in [6.45, 7) is 15.4. The lowest BCUT2D eigenvalue weighted by atomic mass is 9.48. The van der Waals surface area contributed by atoms with Crippen LogP contribution in [0.4, 0.5) is 4.79 Å². The summed E-state index contributed by atoms with van der Waals surface area (Å²) < 4.78 is 42.0. The molecular formula is C49H66N2O17. The molecule has 7 aliphatic rings. The van der Waals surface area contributed by atoms with Gasteiger partial charge in [0.1, 0.15) is 35.9 Å². The maximum Gasteiger partial charge on any atom is 0.407 e. The van der Waals surface area contributed by atoms with Crippen LogP contribution >= 0.6 is 0 Å². The first-order valence-corrected chi connectivity index (χ1v) is 23.5. The van der Waals surface area contributed by atoms with Crippen molar-refractivity contribution in [2.75, 3.05) is 7.11 Å². The van der Waals surface area contributed by atoms with Gasteiger partial charge in [-0.1, -0.05) is 58.1 Å². The van der Waals surface area contributed by atoms with Gasteiger partial charge < -0.3 is 53.8 Å². The summed E-state index contributed by atoms with van der Waals surface area (Å²) in [7, 11) is 1.14. The number of esters is 2. The minimum Gasteiger partial charge on any atom is -0.511 e. The summed E-state index contributed by atoms with van der Waals surface area (Å²) in [6.07, 6.45) is 1.14. The number of Topliss-reactive ketones (excluding diaryl/α,β-unsaturated/α-hetero) is 1. The molecule has 4 N–H and O–H groups in total. The molecule has 374 valence electrons. The molecule has 3 saturated heterocycles. The van der Waals surface area contributed by atoms with E-state index < -0.39 is 154 Å². The highest BCUT2D eigenvalue weighted by atomic mass is 16.7. The molecular weight excluding hydrogens is 889 g/mol. The fourth-order valence-corrected chi connectivity index (χ4v) is 12.7. The molecule has 19 nitrogen and oxygen atoms in total. The SMILES string of the molecule is COC(=O)N[C@H]1[C@@H](C)O[C@@H](O[C@H]2/C=C/C(C)[C@@H]3C=C[C@@H]4[C@@H](O[C@H]5C[C@@H](OC(C)=O)[C@@H](O)[C@H](C)O5)[C@@H](C)C[C@H](C)[C@H]4[C@]3(C)/C(O)=C3/C(=O)OC4(CC(C=O)=C[C@H](O)[C@H]4/C=C/2C)C3=O)C[C@]1(C)[N+](=O)[O-]. The summed E-state index contributed by atoms with van der Waals surface area (Å²) in [5.74, 6) is -6.55. The average Bonchev–Trinajstić information content (AvgIpc) is 3.51. The van der Waals surface area contributed by atoms with Crippen LogP contribution in [0, 0.1) is 57.0 Å². The van der Waals surface area contributed by atoms with Crippen molar-refractivity contribution in [3.63, 3.8) is 0 Å². The molecule has 0 aromatic carbocycles.